The van der Waals surface area contributed by atoms with E-state index in [1.807, 2.05) is 30.3 Å². The maximum Gasteiger partial charge on any atom is 0.536 e. The number of rotatable bonds is 7. The number of benzene rings is 1. The van der Waals surface area contributed by atoms with Crippen LogP contribution < -0.4 is 5.19 Å². The Morgan fingerprint density at radius 3 is 2.52 bits per heavy atom. The summed E-state index contributed by atoms with van der Waals surface area (Å²) in [5, 5.41) is 1.03. The molecule has 4 nitrogen and oxygen atoms in total. The van der Waals surface area contributed by atoms with Crippen molar-refractivity contribution in [2.24, 2.45) is 5.92 Å². The largest absolute Gasteiger partial charge is 0.536 e. The Labute approximate surface area is 129 Å². The van der Waals surface area contributed by atoms with Gasteiger partial charge in [0.05, 0.1) is 0 Å². The Morgan fingerprint density at radius 2 is 1.90 bits per heavy atom. The second-order valence-electron chi connectivity index (χ2n) is 5.54. The molecule has 0 saturated carbocycles. The summed E-state index contributed by atoms with van der Waals surface area (Å²) in [6, 6.07) is 10.0. The summed E-state index contributed by atoms with van der Waals surface area (Å²) >= 11 is 0. The van der Waals surface area contributed by atoms with Crippen LogP contribution in [0.1, 0.15) is 19.8 Å². The first kappa shape index (κ1) is 16.6. The molecule has 1 fully saturated rings. The van der Waals surface area contributed by atoms with Crippen LogP contribution in [0.2, 0.25) is 0 Å². The van der Waals surface area contributed by atoms with Crippen molar-refractivity contribution >= 4 is 14.0 Å². The Balaban J connectivity index is 2.00. The lowest BCUT2D eigenvalue weighted by atomic mass is 9.99. The van der Waals surface area contributed by atoms with Gasteiger partial charge in [-0.2, -0.15) is 0 Å². The van der Waals surface area contributed by atoms with E-state index in [9.17, 15) is 0 Å². The molecular formula is C16H27NO3Si. The van der Waals surface area contributed by atoms with Crippen molar-refractivity contribution < 1.29 is 13.3 Å². The first-order valence-corrected chi connectivity index (χ1v) is 9.48. The highest BCUT2D eigenvalue weighted by Gasteiger charge is 2.42. The van der Waals surface area contributed by atoms with Crippen molar-refractivity contribution in [1.29, 1.82) is 0 Å². The minimum Gasteiger partial charge on any atom is -0.373 e. The summed E-state index contributed by atoms with van der Waals surface area (Å²) in [4.78, 5) is 2.49. The molecule has 2 rings (SSSR count). The zero-order valence-electron chi connectivity index (χ0n) is 13.4. The third-order valence-corrected chi connectivity index (χ3v) is 6.89. The van der Waals surface area contributed by atoms with E-state index in [0.29, 0.717) is 12.5 Å². The molecule has 0 aliphatic carbocycles. The van der Waals surface area contributed by atoms with Crippen LogP contribution in [0.5, 0.6) is 0 Å². The molecule has 1 heterocycles. The van der Waals surface area contributed by atoms with Gasteiger partial charge in [-0.3, -0.25) is 0 Å². The standard InChI is InChI=1S/C16H27NO3Si/c1-4-17-12-8-9-15(13-17)14-20-21(18-2,19-3)16-10-6-5-7-11-16/h5-7,10-11,15H,4,8-9,12-14H2,1-3H3. The van der Waals surface area contributed by atoms with Crippen LogP contribution in [-0.4, -0.2) is 54.2 Å². The van der Waals surface area contributed by atoms with E-state index >= 15 is 0 Å². The molecule has 0 spiro atoms. The fraction of sp³-hybridized carbons (Fsp3) is 0.625. The van der Waals surface area contributed by atoms with E-state index in [-0.39, 0.29) is 0 Å². The molecule has 1 saturated heterocycles. The Bertz CT molecular complexity index is 411. The van der Waals surface area contributed by atoms with Crippen molar-refractivity contribution in [1.82, 2.24) is 4.90 Å². The summed E-state index contributed by atoms with van der Waals surface area (Å²) in [5.41, 5.74) is 0. The fourth-order valence-electron chi connectivity index (χ4n) is 2.96. The van der Waals surface area contributed by atoms with Gasteiger partial charge < -0.3 is 18.2 Å². The summed E-state index contributed by atoms with van der Waals surface area (Å²) in [6.45, 7) is 6.37. The third-order valence-electron chi connectivity index (χ3n) is 4.22. The molecule has 5 heteroatoms. The number of piperidine rings is 1. The highest BCUT2D eigenvalue weighted by atomic mass is 28.4. The predicted molar refractivity (Wildman–Crippen MR) is 86.6 cm³/mol. The van der Waals surface area contributed by atoms with Gasteiger partial charge in [-0.05, 0) is 31.8 Å². The van der Waals surface area contributed by atoms with E-state index in [0.717, 1.165) is 18.3 Å². The second-order valence-corrected chi connectivity index (χ2v) is 8.34. The smallest absolute Gasteiger partial charge is 0.373 e. The highest BCUT2D eigenvalue weighted by molar-refractivity contribution is 6.75. The first-order chi connectivity index (χ1) is 10.2. The monoisotopic (exact) mass is 309 g/mol. The summed E-state index contributed by atoms with van der Waals surface area (Å²) in [7, 11) is 0.611. The van der Waals surface area contributed by atoms with Crippen molar-refractivity contribution in [2.45, 2.75) is 19.8 Å². The van der Waals surface area contributed by atoms with E-state index in [4.69, 9.17) is 13.3 Å². The lowest BCUT2D eigenvalue weighted by Gasteiger charge is -2.34. The number of likely N-dealkylation sites (tertiary alicyclic amines) is 1. The molecule has 0 bridgehead atoms. The lowest BCUT2D eigenvalue weighted by molar-refractivity contribution is 0.0705. The molecule has 1 aliphatic rings. The Hall–Kier alpha value is -0.723. The molecule has 0 radical (unpaired) electrons. The zero-order chi connectivity index (χ0) is 15.1. The number of hydrogen-bond donors (Lipinski definition) is 0. The maximum absolute atomic E-state index is 6.21. The molecule has 118 valence electrons. The topological polar surface area (TPSA) is 30.9 Å². The van der Waals surface area contributed by atoms with Crippen molar-refractivity contribution in [3.05, 3.63) is 30.3 Å². The minimum atomic E-state index is -2.75. The van der Waals surface area contributed by atoms with Crippen molar-refractivity contribution in [3.8, 4) is 0 Å². The normalized spacial score (nSPS) is 20.6. The van der Waals surface area contributed by atoms with E-state index < -0.39 is 8.80 Å². The fourth-order valence-corrected chi connectivity index (χ4v) is 5.06. The number of nitrogens with zero attached hydrogens (tertiary/aromatic N) is 1. The molecule has 1 aliphatic heterocycles. The van der Waals surface area contributed by atoms with Crippen molar-refractivity contribution in [3.63, 3.8) is 0 Å². The van der Waals surface area contributed by atoms with Gasteiger partial charge in [-0.1, -0.05) is 37.3 Å². The molecule has 1 atom stereocenters. The summed E-state index contributed by atoms with van der Waals surface area (Å²) in [5.74, 6) is 0.569. The van der Waals surface area contributed by atoms with E-state index in [1.165, 1.54) is 19.4 Å². The van der Waals surface area contributed by atoms with Crippen LogP contribution in [0.4, 0.5) is 0 Å². The average Bonchev–Trinajstić information content (AvgIpc) is 2.57. The van der Waals surface area contributed by atoms with E-state index in [2.05, 4.69) is 11.8 Å². The molecule has 1 unspecified atom stereocenters. The molecule has 1 aromatic carbocycles. The average molecular weight is 309 g/mol. The third kappa shape index (κ3) is 4.14. The summed E-state index contributed by atoms with van der Waals surface area (Å²) < 4.78 is 17.6. The maximum atomic E-state index is 6.21. The minimum absolute atomic E-state index is 0.569. The zero-order valence-corrected chi connectivity index (χ0v) is 14.4. The quantitative estimate of drug-likeness (QED) is 0.720. The highest BCUT2D eigenvalue weighted by Crippen LogP contribution is 2.19. The molecule has 0 aromatic heterocycles. The first-order valence-electron chi connectivity index (χ1n) is 7.76. The number of hydrogen-bond acceptors (Lipinski definition) is 4. The molecule has 0 N–H and O–H groups in total. The SMILES string of the molecule is CCN1CCCC(CO[Si](OC)(OC)c2ccccc2)C1. The van der Waals surface area contributed by atoms with Crippen LogP contribution in [0, 0.1) is 5.92 Å². The van der Waals surface area contributed by atoms with Gasteiger partial charge in [0, 0.05) is 32.6 Å². The van der Waals surface area contributed by atoms with Gasteiger partial charge in [0.25, 0.3) is 0 Å². The van der Waals surface area contributed by atoms with Gasteiger partial charge in [-0.15, -0.1) is 0 Å². The van der Waals surface area contributed by atoms with Gasteiger partial charge in [0.2, 0.25) is 0 Å². The van der Waals surface area contributed by atoms with Crippen LogP contribution in [0.3, 0.4) is 0 Å². The predicted octanol–water partition coefficient (Wildman–Crippen LogP) is 1.87. The van der Waals surface area contributed by atoms with Gasteiger partial charge in [0.1, 0.15) is 0 Å². The van der Waals surface area contributed by atoms with Crippen LogP contribution >= 0.6 is 0 Å². The van der Waals surface area contributed by atoms with Crippen LogP contribution in [0.25, 0.3) is 0 Å². The lowest BCUT2D eigenvalue weighted by Crippen LogP contribution is -2.56. The Morgan fingerprint density at radius 1 is 1.19 bits per heavy atom. The molecule has 21 heavy (non-hydrogen) atoms. The van der Waals surface area contributed by atoms with Crippen molar-refractivity contribution in [2.75, 3.05) is 40.5 Å². The second kappa shape index (κ2) is 8.05. The van der Waals surface area contributed by atoms with Crippen LogP contribution in [-0.2, 0) is 13.3 Å². The van der Waals surface area contributed by atoms with E-state index in [1.54, 1.807) is 14.2 Å². The molecular weight excluding hydrogens is 282 g/mol. The van der Waals surface area contributed by atoms with Gasteiger partial charge >= 0.3 is 8.80 Å². The van der Waals surface area contributed by atoms with Gasteiger partial charge in [-0.25, -0.2) is 0 Å². The summed E-state index contributed by atoms with van der Waals surface area (Å²) in [6.07, 6.45) is 2.48. The molecule has 0 amide bonds. The van der Waals surface area contributed by atoms with Crippen LogP contribution in [0.15, 0.2) is 30.3 Å². The molecule has 1 aromatic rings. The van der Waals surface area contributed by atoms with Gasteiger partial charge in [0.15, 0.2) is 0 Å². The Kier molecular flexibility index (Phi) is 6.38.